The average molecular weight is 265 g/mol. The molecular weight excluding hydrogens is 242 g/mol. The fourth-order valence-corrected chi connectivity index (χ4v) is 2.88. The molecule has 4 nitrogen and oxygen atoms in total. The van der Waals surface area contributed by atoms with Crippen LogP contribution in [0.25, 0.3) is 0 Å². The maximum Gasteiger partial charge on any atom is 0.372 e. The second-order valence-corrected chi connectivity index (χ2v) is 5.63. The van der Waals surface area contributed by atoms with Gasteiger partial charge >= 0.3 is 5.97 Å². The van der Waals surface area contributed by atoms with Crippen molar-refractivity contribution in [2.75, 3.05) is 0 Å². The van der Waals surface area contributed by atoms with Gasteiger partial charge < -0.3 is 14.8 Å². The number of nitrogens with one attached hydrogen (secondary N) is 1. The Morgan fingerprint density at radius 1 is 1.42 bits per heavy atom. The Bertz CT molecular complexity index is 439. The molecule has 0 bridgehead atoms. The highest BCUT2D eigenvalue weighted by molar-refractivity contribution is 5.86. The lowest BCUT2D eigenvalue weighted by Gasteiger charge is -2.22. The molecule has 1 fully saturated rings. The van der Waals surface area contributed by atoms with Crippen LogP contribution in [0.3, 0.4) is 0 Å². The summed E-state index contributed by atoms with van der Waals surface area (Å²) in [7, 11) is 0. The monoisotopic (exact) mass is 265 g/mol. The minimum absolute atomic E-state index is 0.0608. The third-order valence-corrected chi connectivity index (χ3v) is 4.06. The minimum atomic E-state index is -0.994. The van der Waals surface area contributed by atoms with E-state index in [2.05, 4.69) is 12.2 Å². The van der Waals surface area contributed by atoms with Crippen molar-refractivity contribution >= 4 is 5.97 Å². The van der Waals surface area contributed by atoms with Gasteiger partial charge in [0, 0.05) is 11.6 Å². The predicted molar refractivity (Wildman–Crippen MR) is 73.3 cm³/mol. The SMILES string of the molecule is Cc1cc(CNC2CCCCCC2C)oc1C(=O)O. The molecule has 0 radical (unpaired) electrons. The number of carboxylic acids is 1. The number of hydrogen-bond acceptors (Lipinski definition) is 3. The van der Waals surface area contributed by atoms with Gasteiger partial charge in [0.25, 0.3) is 0 Å². The van der Waals surface area contributed by atoms with Gasteiger partial charge in [-0.1, -0.05) is 26.2 Å². The van der Waals surface area contributed by atoms with Crippen LogP contribution in [0.2, 0.25) is 0 Å². The van der Waals surface area contributed by atoms with E-state index in [9.17, 15) is 4.79 Å². The zero-order chi connectivity index (χ0) is 13.8. The highest BCUT2D eigenvalue weighted by Gasteiger charge is 2.20. The summed E-state index contributed by atoms with van der Waals surface area (Å²) in [5.74, 6) is 0.459. The lowest BCUT2D eigenvalue weighted by Crippen LogP contribution is -2.33. The lowest BCUT2D eigenvalue weighted by atomic mass is 9.97. The molecule has 0 saturated heterocycles. The molecular formula is C15H23NO3. The van der Waals surface area contributed by atoms with Crippen molar-refractivity contribution in [3.05, 3.63) is 23.2 Å². The normalized spacial score (nSPS) is 24.1. The largest absolute Gasteiger partial charge is 0.475 e. The van der Waals surface area contributed by atoms with Crippen molar-refractivity contribution in [2.45, 2.75) is 58.5 Å². The molecule has 1 saturated carbocycles. The Hall–Kier alpha value is -1.29. The van der Waals surface area contributed by atoms with Crippen LogP contribution in [0.1, 0.15) is 60.9 Å². The van der Waals surface area contributed by atoms with Gasteiger partial charge in [-0.05, 0) is 31.7 Å². The molecule has 2 rings (SSSR count). The van der Waals surface area contributed by atoms with Crippen LogP contribution >= 0.6 is 0 Å². The first-order valence-electron chi connectivity index (χ1n) is 7.14. The van der Waals surface area contributed by atoms with Gasteiger partial charge in [-0.3, -0.25) is 0 Å². The van der Waals surface area contributed by atoms with Crippen molar-refractivity contribution in [2.24, 2.45) is 5.92 Å². The maximum absolute atomic E-state index is 10.9. The molecule has 1 aliphatic carbocycles. The molecule has 2 N–H and O–H groups in total. The number of furan rings is 1. The standard InChI is InChI=1S/C15H23NO3/c1-10-6-4-3-5-7-13(10)16-9-12-8-11(2)14(19-12)15(17)18/h8,10,13,16H,3-7,9H2,1-2H3,(H,17,18). The Morgan fingerprint density at radius 3 is 2.84 bits per heavy atom. The number of hydrogen-bond donors (Lipinski definition) is 2. The molecule has 0 aromatic carbocycles. The minimum Gasteiger partial charge on any atom is -0.475 e. The Kier molecular flexibility index (Phi) is 4.64. The molecule has 19 heavy (non-hydrogen) atoms. The zero-order valence-electron chi connectivity index (χ0n) is 11.7. The van der Waals surface area contributed by atoms with E-state index < -0.39 is 5.97 Å². The molecule has 2 unspecified atom stereocenters. The van der Waals surface area contributed by atoms with Crippen LogP contribution in [0, 0.1) is 12.8 Å². The highest BCUT2D eigenvalue weighted by atomic mass is 16.4. The van der Waals surface area contributed by atoms with Crippen molar-refractivity contribution < 1.29 is 14.3 Å². The van der Waals surface area contributed by atoms with E-state index in [1.165, 1.54) is 32.1 Å². The fraction of sp³-hybridized carbons (Fsp3) is 0.667. The van der Waals surface area contributed by atoms with E-state index in [4.69, 9.17) is 9.52 Å². The Morgan fingerprint density at radius 2 is 2.16 bits per heavy atom. The summed E-state index contributed by atoms with van der Waals surface area (Å²) in [6, 6.07) is 2.33. The predicted octanol–water partition coefficient (Wildman–Crippen LogP) is 3.34. The van der Waals surface area contributed by atoms with Crippen molar-refractivity contribution in [3.8, 4) is 0 Å². The number of carboxylic acid groups (broad SMARTS) is 1. The Labute approximate surface area is 114 Å². The van der Waals surface area contributed by atoms with Crippen molar-refractivity contribution in [3.63, 3.8) is 0 Å². The van der Waals surface area contributed by atoms with Gasteiger partial charge in [0.05, 0.1) is 6.54 Å². The third-order valence-electron chi connectivity index (χ3n) is 4.06. The molecule has 1 heterocycles. The molecule has 1 aromatic heterocycles. The van der Waals surface area contributed by atoms with Gasteiger partial charge in [-0.15, -0.1) is 0 Å². The first-order chi connectivity index (χ1) is 9.08. The third kappa shape index (κ3) is 3.60. The van der Waals surface area contributed by atoms with Crippen molar-refractivity contribution in [1.82, 2.24) is 5.32 Å². The zero-order valence-corrected chi connectivity index (χ0v) is 11.7. The van der Waals surface area contributed by atoms with Crippen molar-refractivity contribution in [1.29, 1.82) is 0 Å². The topological polar surface area (TPSA) is 62.5 Å². The second kappa shape index (κ2) is 6.24. The van der Waals surface area contributed by atoms with E-state index >= 15 is 0 Å². The smallest absolute Gasteiger partial charge is 0.372 e. The fourth-order valence-electron chi connectivity index (χ4n) is 2.88. The summed E-state index contributed by atoms with van der Waals surface area (Å²) < 4.78 is 5.37. The van der Waals surface area contributed by atoms with E-state index in [1.54, 1.807) is 6.92 Å². The molecule has 0 spiro atoms. The van der Waals surface area contributed by atoms with Gasteiger partial charge in [0.2, 0.25) is 5.76 Å². The number of rotatable bonds is 4. The van der Waals surface area contributed by atoms with E-state index in [0.717, 1.165) is 0 Å². The quantitative estimate of drug-likeness (QED) is 0.820. The first-order valence-corrected chi connectivity index (χ1v) is 7.14. The number of aryl methyl sites for hydroxylation is 1. The number of carbonyl (C=O) groups is 1. The van der Waals surface area contributed by atoms with E-state index in [0.29, 0.717) is 29.8 Å². The summed E-state index contributed by atoms with van der Waals surface area (Å²) in [6.45, 7) is 4.67. The van der Waals surface area contributed by atoms with Crippen LogP contribution in [0.4, 0.5) is 0 Å². The molecule has 0 aliphatic heterocycles. The average Bonchev–Trinajstić information content (AvgIpc) is 2.61. The Balaban J connectivity index is 1.94. The van der Waals surface area contributed by atoms with Crippen LogP contribution in [-0.4, -0.2) is 17.1 Å². The first kappa shape index (κ1) is 14.1. The van der Waals surface area contributed by atoms with Crippen LogP contribution in [0.5, 0.6) is 0 Å². The summed E-state index contributed by atoms with van der Waals surface area (Å²) in [5.41, 5.74) is 0.693. The molecule has 4 heteroatoms. The lowest BCUT2D eigenvalue weighted by molar-refractivity contribution is 0.0659. The summed E-state index contributed by atoms with van der Waals surface area (Å²) in [4.78, 5) is 10.9. The molecule has 2 atom stereocenters. The maximum atomic E-state index is 10.9. The summed E-state index contributed by atoms with van der Waals surface area (Å²) in [5, 5.41) is 12.5. The van der Waals surface area contributed by atoms with Gasteiger partial charge in [0.1, 0.15) is 5.76 Å². The number of aromatic carboxylic acids is 1. The second-order valence-electron chi connectivity index (χ2n) is 5.63. The van der Waals surface area contributed by atoms with E-state index in [1.807, 2.05) is 6.07 Å². The van der Waals surface area contributed by atoms with Crippen LogP contribution < -0.4 is 5.32 Å². The van der Waals surface area contributed by atoms with Crippen LogP contribution in [-0.2, 0) is 6.54 Å². The highest BCUT2D eigenvalue weighted by Crippen LogP contribution is 2.23. The van der Waals surface area contributed by atoms with Gasteiger partial charge in [0.15, 0.2) is 0 Å². The summed E-state index contributed by atoms with van der Waals surface area (Å²) in [6.07, 6.45) is 6.40. The van der Waals surface area contributed by atoms with Gasteiger partial charge in [-0.25, -0.2) is 4.79 Å². The molecule has 1 aliphatic rings. The molecule has 1 aromatic rings. The van der Waals surface area contributed by atoms with Crippen LogP contribution in [0.15, 0.2) is 10.5 Å². The van der Waals surface area contributed by atoms with Gasteiger partial charge in [-0.2, -0.15) is 0 Å². The molecule has 0 amide bonds. The molecule has 106 valence electrons. The summed E-state index contributed by atoms with van der Waals surface area (Å²) >= 11 is 0. The van der Waals surface area contributed by atoms with E-state index in [-0.39, 0.29) is 5.76 Å².